The number of carbonyl (C=O) groups is 2. The van der Waals surface area contributed by atoms with Crippen LogP contribution < -0.4 is 5.32 Å². The molecule has 1 aliphatic rings. The van der Waals surface area contributed by atoms with Crippen molar-refractivity contribution in [3.63, 3.8) is 0 Å². The maximum atomic E-state index is 11.8. The summed E-state index contributed by atoms with van der Waals surface area (Å²) >= 11 is 0. The van der Waals surface area contributed by atoms with Crippen molar-refractivity contribution in [2.75, 3.05) is 0 Å². The van der Waals surface area contributed by atoms with Crippen LogP contribution in [-0.2, 0) is 16.0 Å². The highest BCUT2D eigenvalue weighted by molar-refractivity contribution is 6.10. The third kappa shape index (κ3) is 2.20. The lowest BCUT2D eigenvalue weighted by atomic mass is 9.93. The number of nitrogens with zero attached hydrogens (tertiary/aromatic N) is 3. The van der Waals surface area contributed by atoms with Gasteiger partial charge in [0.2, 0.25) is 5.91 Å². The first-order chi connectivity index (χ1) is 9.57. The number of Topliss-reactive ketones (excluding diaryl/α,β-unsaturated/α-hetero) is 1. The lowest BCUT2D eigenvalue weighted by molar-refractivity contribution is -0.123. The molecule has 3 rings (SSSR count). The van der Waals surface area contributed by atoms with Crippen molar-refractivity contribution in [3.8, 4) is 5.69 Å². The maximum Gasteiger partial charge on any atom is 0.228 e. The van der Waals surface area contributed by atoms with E-state index in [1.165, 1.54) is 0 Å². The van der Waals surface area contributed by atoms with Gasteiger partial charge in [0.1, 0.15) is 5.54 Å². The molecule has 1 aromatic carbocycles. The summed E-state index contributed by atoms with van der Waals surface area (Å²) in [5, 5.41) is 10.8. The fraction of sp³-hybridized carbons (Fsp3) is 0.286. The number of hydrogen-bond donors (Lipinski definition) is 1. The largest absolute Gasteiger partial charge is 0.343 e. The molecule has 1 aromatic heterocycles. The van der Waals surface area contributed by atoms with Crippen molar-refractivity contribution in [2.45, 2.75) is 25.3 Å². The molecule has 0 unspecified atom stereocenters. The quantitative estimate of drug-likeness (QED) is 0.831. The van der Waals surface area contributed by atoms with Gasteiger partial charge >= 0.3 is 0 Å². The molecule has 102 valence electrons. The Labute approximate surface area is 115 Å². The number of para-hydroxylation sites is 1. The molecular formula is C14H14N4O2. The maximum absolute atomic E-state index is 11.8. The number of carbonyl (C=O) groups excluding carboxylic acids is 2. The summed E-state index contributed by atoms with van der Waals surface area (Å²) in [5.41, 5.74) is 0.708. The monoisotopic (exact) mass is 270 g/mol. The molecule has 1 amide bonds. The van der Waals surface area contributed by atoms with Crippen molar-refractivity contribution < 1.29 is 9.59 Å². The molecule has 0 saturated carbocycles. The van der Waals surface area contributed by atoms with Crippen molar-refractivity contribution >= 4 is 11.7 Å². The predicted molar refractivity (Wildman–Crippen MR) is 71.2 cm³/mol. The third-order valence-electron chi connectivity index (χ3n) is 3.45. The Bertz CT molecular complexity index is 665. The number of aromatic nitrogens is 3. The standard InChI is InChI=1S/C14H14N4O2/c1-14(12(19)7-13(20)15-14)8-10-9-18(17-16-10)11-5-3-2-4-6-11/h2-6,9H,7-8H2,1H3,(H,15,20)/t14-/m0/s1. The van der Waals surface area contributed by atoms with Crippen LogP contribution in [0.15, 0.2) is 36.5 Å². The van der Waals surface area contributed by atoms with Crippen LogP contribution in [0, 0.1) is 0 Å². The Balaban J connectivity index is 1.82. The molecule has 1 fully saturated rings. The molecule has 1 saturated heterocycles. The van der Waals surface area contributed by atoms with Crippen LogP contribution in [0.1, 0.15) is 19.0 Å². The molecule has 1 N–H and O–H groups in total. The number of nitrogens with one attached hydrogen (secondary N) is 1. The Morgan fingerprint density at radius 1 is 1.30 bits per heavy atom. The van der Waals surface area contributed by atoms with Gasteiger partial charge in [0, 0.05) is 6.42 Å². The Hall–Kier alpha value is -2.50. The van der Waals surface area contributed by atoms with E-state index in [9.17, 15) is 9.59 Å². The van der Waals surface area contributed by atoms with Crippen molar-refractivity contribution in [1.29, 1.82) is 0 Å². The van der Waals surface area contributed by atoms with Crippen molar-refractivity contribution in [3.05, 3.63) is 42.2 Å². The summed E-state index contributed by atoms with van der Waals surface area (Å²) in [6, 6.07) is 9.60. The van der Waals surface area contributed by atoms with Gasteiger partial charge in [0.25, 0.3) is 0 Å². The van der Waals surface area contributed by atoms with E-state index in [0.717, 1.165) is 5.69 Å². The van der Waals surface area contributed by atoms with Crippen LogP contribution in [0.2, 0.25) is 0 Å². The molecular weight excluding hydrogens is 256 g/mol. The van der Waals surface area contributed by atoms with Gasteiger partial charge in [-0.25, -0.2) is 4.68 Å². The summed E-state index contributed by atoms with van der Waals surface area (Å²) in [4.78, 5) is 23.2. The first-order valence-corrected chi connectivity index (χ1v) is 6.38. The molecule has 6 nitrogen and oxygen atoms in total. The number of amides is 1. The summed E-state index contributed by atoms with van der Waals surface area (Å²) in [7, 11) is 0. The molecule has 1 atom stereocenters. The number of ketones is 1. The summed E-state index contributed by atoms with van der Waals surface area (Å²) in [5.74, 6) is -0.329. The summed E-state index contributed by atoms with van der Waals surface area (Å²) < 4.78 is 1.65. The normalized spacial score (nSPS) is 22.1. The Morgan fingerprint density at radius 3 is 2.70 bits per heavy atom. The number of benzene rings is 1. The van der Waals surface area contributed by atoms with Crippen LogP contribution >= 0.6 is 0 Å². The fourth-order valence-electron chi connectivity index (χ4n) is 2.35. The van der Waals surface area contributed by atoms with E-state index < -0.39 is 5.54 Å². The van der Waals surface area contributed by atoms with Gasteiger partial charge in [0.05, 0.1) is 24.0 Å². The molecule has 0 spiro atoms. The number of rotatable bonds is 3. The van der Waals surface area contributed by atoms with Crippen LogP contribution in [0.25, 0.3) is 5.69 Å². The summed E-state index contributed by atoms with van der Waals surface area (Å²) in [6.07, 6.45) is 2.08. The second kappa shape index (κ2) is 4.56. The van der Waals surface area contributed by atoms with E-state index in [4.69, 9.17) is 0 Å². The lowest BCUT2D eigenvalue weighted by Crippen LogP contribution is -2.45. The van der Waals surface area contributed by atoms with E-state index in [1.54, 1.807) is 17.8 Å². The summed E-state index contributed by atoms with van der Waals surface area (Å²) in [6.45, 7) is 1.72. The van der Waals surface area contributed by atoms with E-state index >= 15 is 0 Å². The first-order valence-electron chi connectivity index (χ1n) is 6.38. The third-order valence-corrected chi connectivity index (χ3v) is 3.45. The van der Waals surface area contributed by atoms with Gasteiger partial charge in [-0.15, -0.1) is 5.10 Å². The zero-order valence-electron chi connectivity index (χ0n) is 11.0. The lowest BCUT2D eigenvalue weighted by Gasteiger charge is -2.20. The van der Waals surface area contributed by atoms with Gasteiger partial charge in [-0.1, -0.05) is 23.4 Å². The minimum atomic E-state index is -0.866. The zero-order chi connectivity index (χ0) is 14.2. The molecule has 1 aliphatic heterocycles. The SMILES string of the molecule is C[C@@]1(Cc2cn(-c3ccccc3)nn2)NC(=O)CC1=O. The predicted octanol–water partition coefficient (Wildman–Crippen LogP) is 0.657. The van der Waals surface area contributed by atoms with Gasteiger partial charge in [-0.2, -0.15) is 0 Å². The Kier molecular flexibility index (Phi) is 2.85. The molecule has 2 aromatic rings. The van der Waals surface area contributed by atoms with Crippen LogP contribution in [-0.4, -0.2) is 32.2 Å². The van der Waals surface area contributed by atoms with E-state index in [0.29, 0.717) is 12.1 Å². The first kappa shape index (κ1) is 12.5. The Morgan fingerprint density at radius 2 is 2.05 bits per heavy atom. The fourth-order valence-corrected chi connectivity index (χ4v) is 2.35. The highest BCUT2D eigenvalue weighted by atomic mass is 16.2. The highest BCUT2D eigenvalue weighted by Gasteiger charge is 2.42. The van der Waals surface area contributed by atoms with Gasteiger partial charge in [-0.3, -0.25) is 9.59 Å². The van der Waals surface area contributed by atoms with Crippen molar-refractivity contribution in [1.82, 2.24) is 20.3 Å². The minimum absolute atomic E-state index is 0.0523. The van der Waals surface area contributed by atoms with Gasteiger partial charge in [0.15, 0.2) is 5.78 Å². The molecule has 6 heteroatoms. The van der Waals surface area contributed by atoms with Crippen molar-refractivity contribution in [2.24, 2.45) is 0 Å². The van der Waals surface area contributed by atoms with Crippen LogP contribution in [0.3, 0.4) is 0 Å². The molecule has 0 bridgehead atoms. The molecule has 0 aliphatic carbocycles. The van der Waals surface area contributed by atoms with E-state index in [-0.39, 0.29) is 18.1 Å². The van der Waals surface area contributed by atoms with Gasteiger partial charge in [-0.05, 0) is 19.1 Å². The van der Waals surface area contributed by atoms with Crippen LogP contribution in [0.4, 0.5) is 0 Å². The topological polar surface area (TPSA) is 76.9 Å². The molecule has 2 heterocycles. The van der Waals surface area contributed by atoms with Gasteiger partial charge < -0.3 is 5.32 Å². The average molecular weight is 270 g/mol. The second-order valence-corrected chi connectivity index (χ2v) is 5.15. The van der Waals surface area contributed by atoms with E-state index in [2.05, 4.69) is 15.6 Å². The highest BCUT2D eigenvalue weighted by Crippen LogP contribution is 2.20. The number of hydrogen-bond acceptors (Lipinski definition) is 4. The minimum Gasteiger partial charge on any atom is -0.343 e. The molecule has 0 radical (unpaired) electrons. The van der Waals surface area contributed by atoms with E-state index in [1.807, 2.05) is 30.3 Å². The zero-order valence-corrected chi connectivity index (χ0v) is 11.0. The second-order valence-electron chi connectivity index (χ2n) is 5.15. The smallest absolute Gasteiger partial charge is 0.228 e. The average Bonchev–Trinajstić information content (AvgIpc) is 2.96. The van der Waals surface area contributed by atoms with Crippen LogP contribution in [0.5, 0.6) is 0 Å². The molecule has 20 heavy (non-hydrogen) atoms.